The topological polar surface area (TPSA) is 37.4 Å². The van der Waals surface area contributed by atoms with E-state index in [4.69, 9.17) is 0 Å². The van der Waals surface area contributed by atoms with Gasteiger partial charge in [-0.15, -0.1) is 0 Å². The highest BCUT2D eigenvalue weighted by molar-refractivity contribution is 5.84. The average Bonchev–Trinajstić information content (AvgIpc) is 2.47. The molecule has 0 aromatic heterocycles. The molecule has 1 amide bonds. The van der Waals surface area contributed by atoms with Gasteiger partial charge in [0.1, 0.15) is 5.78 Å². The summed E-state index contributed by atoms with van der Waals surface area (Å²) in [6.07, 6.45) is 5.00. The van der Waals surface area contributed by atoms with Gasteiger partial charge < -0.3 is 4.90 Å². The lowest BCUT2D eigenvalue weighted by Gasteiger charge is -2.26. The van der Waals surface area contributed by atoms with Gasteiger partial charge in [0.2, 0.25) is 5.91 Å². The molecule has 0 saturated carbocycles. The molecule has 2 rings (SSSR count). The fourth-order valence-electron chi connectivity index (χ4n) is 2.50. The van der Waals surface area contributed by atoms with Crippen LogP contribution in [-0.4, -0.2) is 29.7 Å². The summed E-state index contributed by atoms with van der Waals surface area (Å²) in [4.78, 5) is 25.1. The number of carbonyl (C=O) groups is 2. The minimum atomic E-state index is 0.138. The van der Waals surface area contributed by atoms with E-state index < -0.39 is 0 Å². The molecule has 108 valence electrons. The number of piperidine rings is 1. The predicted molar refractivity (Wildman–Crippen MR) is 79.6 cm³/mol. The van der Waals surface area contributed by atoms with Crippen molar-refractivity contribution in [3.05, 3.63) is 35.4 Å². The minimum Gasteiger partial charge on any atom is -0.342 e. The summed E-state index contributed by atoms with van der Waals surface area (Å²) >= 11 is 0. The Kier molecular flexibility index (Phi) is 5.33. The van der Waals surface area contributed by atoms with Crippen LogP contribution in [-0.2, 0) is 22.4 Å². The number of amides is 1. The van der Waals surface area contributed by atoms with Crippen molar-refractivity contribution in [3.63, 3.8) is 0 Å². The average molecular weight is 273 g/mol. The highest BCUT2D eigenvalue weighted by Crippen LogP contribution is 2.12. The third kappa shape index (κ3) is 4.19. The van der Waals surface area contributed by atoms with Crippen LogP contribution in [0.25, 0.3) is 0 Å². The second kappa shape index (κ2) is 7.22. The second-order valence-electron chi connectivity index (χ2n) is 5.52. The van der Waals surface area contributed by atoms with Gasteiger partial charge in [-0.3, -0.25) is 9.59 Å². The van der Waals surface area contributed by atoms with Crippen molar-refractivity contribution in [2.45, 2.75) is 45.4 Å². The van der Waals surface area contributed by atoms with Crippen LogP contribution in [0.3, 0.4) is 0 Å². The molecule has 1 saturated heterocycles. The van der Waals surface area contributed by atoms with E-state index in [2.05, 4.69) is 31.2 Å². The van der Waals surface area contributed by atoms with Gasteiger partial charge in [-0.2, -0.15) is 0 Å². The van der Waals surface area contributed by atoms with Crippen LogP contribution >= 0.6 is 0 Å². The monoisotopic (exact) mass is 273 g/mol. The van der Waals surface area contributed by atoms with Gasteiger partial charge in [-0.1, -0.05) is 37.6 Å². The summed E-state index contributed by atoms with van der Waals surface area (Å²) in [7, 11) is 0. The van der Waals surface area contributed by atoms with E-state index in [1.165, 1.54) is 18.4 Å². The summed E-state index contributed by atoms with van der Waals surface area (Å²) < 4.78 is 0. The van der Waals surface area contributed by atoms with Crippen molar-refractivity contribution in [1.29, 1.82) is 0 Å². The van der Waals surface area contributed by atoms with Crippen LogP contribution in [0, 0.1) is 0 Å². The van der Waals surface area contributed by atoms with Gasteiger partial charge in [0.05, 0.1) is 6.42 Å². The maximum atomic E-state index is 12.1. The molecule has 3 nitrogen and oxygen atoms in total. The zero-order valence-electron chi connectivity index (χ0n) is 12.2. The van der Waals surface area contributed by atoms with Crippen molar-refractivity contribution < 1.29 is 9.59 Å². The lowest BCUT2D eigenvalue weighted by atomic mass is 10.0. The van der Waals surface area contributed by atoms with E-state index in [1.807, 2.05) is 4.90 Å². The molecule has 0 N–H and O–H groups in total. The van der Waals surface area contributed by atoms with E-state index in [-0.39, 0.29) is 11.7 Å². The Hall–Kier alpha value is -1.64. The Balaban J connectivity index is 1.86. The summed E-state index contributed by atoms with van der Waals surface area (Å²) in [5.41, 5.74) is 2.40. The largest absolute Gasteiger partial charge is 0.342 e. The maximum absolute atomic E-state index is 12.1. The second-order valence-corrected chi connectivity index (χ2v) is 5.52. The Morgan fingerprint density at radius 1 is 1.10 bits per heavy atom. The third-order valence-electron chi connectivity index (χ3n) is 3.87. The molecule has 1 aliphatic heterocycles. The number of benzene rings is 1. The Morgan fingerprint density at radius 3 is 2.30 bits per heavy atom. The molecule has 1 fully saturated rings. The van der Waals surface area contributed by atoms with Gasteiger partial charge in [-0.05, 0) is 24.0 Å². The first-order valence-corrected chi connectivity index (χ1v) is 7.56. The van der Waals surface area contributed by atoms with Crippen molar-refractivity contribution in [2.24, 2.45) is 0 Å². The van der Waals surface area contributed by atoms with Crippen LogP contribution in [0.15, 0.2) is 24.3 Å². The summed E-state index contributed by atoms with van der Waals surface area (Å²) in [5.74, 6) is 0.410. The molecule has 1 aromatic carbocycles. The number of nitrogens with zero attached hydrogens (tertiary/aromatic N) is 1. The standard InChI is InChI=1S/C17H23NO2/c1-2-3-4-14-5-7-15(8-6-14)13-17(20)18-11-9-16(19)10-12-18/h5-8H,2-4,9-13H2,1H3. The molecule has 0 aliphatic carbocycles. The van der Waals surface area contributed by atoms with Crippen molar-refractivity contribution in [3.8, 4) is 0 Å². The molecule has 0 radical (unpaired) electrons. The first-order valence-electron chi connectivity index (χ1n) is 7.56. The number of hydrogen-bond acceptors (Lipinski definition) is 2. The SMILES string of the molecule is CCCCc1ccc(CC(=O)N2CCC(=O)CC2)cc1. The van der Waals surface area contributed by atoms with Crippen LogP contribution in [0.5, 0.6) is 0 Å². The number of hydrogen-bond donors (Lipinski definition) is 0. The van der Waals surface area contributed by atoms with Crippen LogP contribution in [0.2, 0.25) is 0 Å². The van der Waals surface area contributed by atoms with E-state index in [0.717, 1.165) is 12.0 Å². The highest BCUT2D eigenvalue weighted by Gasteiger charge is 2.20. The van der Waals surface area contributed by atoms with Crippen molar-refractivity contribution in [2.75, 3.05) is 13.1 Å². The lowest BCUT2D eigenvalue weighted by Crippen LogP contribution is -2.39. The quantitative estimate of drug-likeness (QED) is 0.827. The first kappa shape index (κ1) is 14.8. The fourth-order valence-corrected chi connectivity index (χ4v) is 2.50. The van der Waals surface area contributed by atoms with Gasteiger partial charge in [-0.25, -0.2) is 0 Å². The number of ketones is 1. The predicted octanol–water partition coefficient (Wildman–Crippen LogP) is 2.76. The lowest BCUT2D eigenvalue weighted by molar-refractivity contribution is -0.133. The van der Waals surface area contributed by atoms with Crippen LogP contribution in [0.1, 0.15) is 43.7 Å². The Labute approximate surface area is 121 Å². The molecule has 20 heavy (non-hydrogen) atoms. The Morgan fingerprint density at radius 2 is 1.70 bits per heavy atom. The summed E-state index contributed by atoms with van der Waals surface area (Å²) in [5, 5.41) is 0. The molecule has 0 atom stereocenters. The smallest absolute Gasteiger partial charge is 0.227 e. The number of Topliss-reactive ketones (excluding diaryl/α,β-unsaturated/α-hetero) is 1. The third-order valence-corrected chi connectivity index (χ3v) is 3.87. The van der Waals surface area contributed by atoms with Gasteiger partial charge >= 0.3 is 0 Å². The normalized spacial score (nSPS) is 15.4. The summed E-state index contributed by atoms with van der Waals surface area (Å²) in [6.45, 7) is 3.37. The van der Waals surface area contributed by atoms with Crippen molar-refractivity contribution in [1.82, 2.24) is 4.90 Å². The molecule has 1 aliphatic rings. The van der Waals surface area contributed by atoms with E-state index in [9.17, 15) is 9.59 Å². The van der Waals surface area contributed by atoms with Gasteiger partial charge in [0.15, 0.2) is 0 Å². The number of rotatable bonds is 5. The summed E-state index contributed by atoms with van der Waals surface area (Å²) in [6, 6.07) is 8.35. The van der Waals surface area contributed by atoms with E-state index >= 15 is 0 Å². The van der Waals surface area contributed by atoms with Gasteiger partial charge in [0, 0.05) is 25.9 Å². The van der Waals surface area contributed by atoms with E-state index in [0.29, 0.717) is 32.4 Å². The number of unbranched alkanes of at least 4 members (excludes halogenated alkanes) is 1. The Bertz CT molecular complexity index is 454. The number of carbonyl (C=O) groups excluding carboxylic acids is 2. The highest BCUT2D eigenvalue weighted by atomic mass is 16.2. The molecule has 1 aromatic rings. The van der Waals surface area contributed by atoms with Crippen LogP contribution in [0.4, 0.5) is 0 Å². The zero-order valence-corrected chi connectivity index (χ0v) is 12.2. The fraction of sp³-hybridized carbons (Fsp3) is 0.529. The maximum Gasteiger partial charge on any atom is 0.227 e. The molecular formula is C17H23NO2. The molecule has 0 spiro atoms. The first-order chi connectivity index (χ1) is 9.69. The van der Waals surface area contributed by atoms with E-state index in [1.54, 1.807) is 0 Å². The molecule has 0 unspecified atom stereocenters. The number of likely N-dealkylation sites (tertiary alicyclic amines) is 1. The van der Waals surface area contributed by atoms with Crippen LogP contribution < -0.4 is 0 Å². The minimum absolute atomic E-state index is 0.138. The molecule has 1 heterocycles. The number of aryl methyl sites for hydroxylation is 1. The van der Waals surface area contributed by atoms with Gasteiger partial charge in [0.25, 0.3) is 0 Å². The zero-order chi connectivity index (χ0) is 14.4. The molecular weight excluding hydrogens is 250 g/mol. The molecule has 3 heteroatoms. The van der Waals surface area contributed by atoms with Crippen molar-refractivity contribution >= 4 is 11.7 Å². The molecule has 0 bridgehead atoms.